The third kappa shape index (κ3) is 4.26. The Balaban J connectivity index is 2.12. The molecule has 4 heteroatoms. The third-order valence-electron chi connectivity index (χ3n) is 9.05. The monoisotopic (exact) mass is 616 g/mol. The van der Waals surface area contributed by atoms with Gasteiger partial charge in [0, 0.05) is 0 Å². The molecule has 0 heterocycles. The first kappa shape index (κ1) is 28.6. The number of fused-ring (bicyclic) bond motifs is 2. The van der Waals surface area contributed by atoms with E-state index in [1.807, 2.05) is 0 Å². The number of benzene rings is 2. The van der Waals surface area contributed by atoms with Gasteiger partial charge in [-0.1, -0.05) is 0 Å². The molecule has 2 aromatic carbocycles. The van der Waals surface area contributed by atoms with E-state index in [2.05, 4.69) is 91.8 Å². The summed E-state index contributed by atoms with van der Waals surface area (Å²) in [5.74, 6) is 0. The molecule has 2 aliphatic rings. The van der Waals surface area contributed by atoms with Crippen LogP contribution in [0.1, 0.15) is 106 Å². The minimum atomic E-state index is -4.67. The Morgan fingerprint density at radius 2 is 1.06 bits per heavy atom. The first-order valence-corrected chi connectivity index (χ1v) is 28.8. The van der Waals surface area contributed by atoms with Crippen LogP contribution in [0.2, 0.25) is 12.1 Å². The second-order valence-electron chi connectivity index (χ2n) is 11.3. The van der Waals surface area contributed by atoms with Crippen LogP contribution in [0.15, 0.2) is 35.4 Å². The van der Waals surface area contributed by atoms with E-state index in [-0.39, 0.29) is 7.25 Å². The van der Waals surface area contributed by atoms with Crippen molar-refractivity contribution in [2.24, 2.45) is 0 Å². The van der Waals surface area contributed by atoms with Crippen molar-refractivity contribution >= 4 is 34.6 Å². The van der Waals surface area contributed by atoms with Gasteiger partial charge >= 0.3 is 230 Å². The summed E-state index contributed by atoms with van der Waals surface area (Å²) >= 11 is -4.67. The second-order valence-corrected chi connectivity index (χ2v) is 48.6. The molecule has 2 aromatic rings. The molecule has 0 saturated heterocycles. The Morgan fingerprint density at radius 1 is 0.667 bits per heavy atom. The van der Waals surface area contributed by atoms with Crippen LogP contribution >= 0.6 is 17.0 Å². The Hall–Kier alpha value is -0.400. The molecule has 0 radical (unpaired) electrons. The molecule has 2 atom stereocenters. The van der Waals surface area contributed by atoms with Crippen molar-refractivity contribution in [3.63, 3.8) is 0 Å². The van der Waals surface area contributed by atoms with Crippen LogP contribution in [0.4, 0.5) is 0 Å². The van der Waals surface area contributed by atoms with Crippen molar-refractivity contribution in [2.45, 2.75) is 100 Å². The first-order chi connectivity index (χ1) is 17.0. The van der Waals surface area contributed by atoms with Crippen molar-refractivity contribution in [2.75, 3.05) is 0 Å². The minimum absolute atomic E-state index is 0.198. The maximum absolute atomic E-state index is 8.56. The van der Waals surface area contributed by atoms with E-state index in [1.165, 1.54) is 55.7 Å². The number of allylic oxidation sites excluding steroid dienone is 2. The molecule has 0 amide bonds. The van der Waals surface area contributed by atoms with Crippen LogP contribution in [0.25, 0.3) is 12.2 Å². The van der Waals surface area contributed by atoms with E-state index in [9.17, 15) is 0 Å². The van der Waals surface area contributed by atoms with E-state index in [0.29, 0.717) is 0 Å². The number of rotatable bonds is 8. The topological polar surface area (TPSA) is 0 Å². The van der Waals surface area contributed by atoms with Crippen molar-refractivity contribution < 1.29 is 15.0 Å². The fourth-order valence-corrected chi connectivity index (χ4v) is 56.6. The van der Waals surface area contributed by atoms with Crippen molar-refractivity contribution in [3.8, 4) is 0 Å². The quantitative estimate of drug-likeness (QED) is 0.258. The van der Waals surface area contributed by atoms with Gasteiger partial charge in [-0.15, -0.1) is 0 Å². The Labute approximate surface area is 228 Å². The number of halogens is 2. The van der Waals surface area contributed by atoms with E-state index < -0.39 is 20.4 Å². The van der Waals surface area contributed by atoms with Crippen LogP contribution < -0.4 is 0 Å². The summed E-state index contributed by atoms with van der Waals surface area (Å²) in [5, 5.41) is 0. The van der Waals surface area contributed by atoms with Crippen LogP contribution in [0.3, 0.4) is 0 Å². The molecular weight excluding hydrogens is 575 g/mol. The summed E-state index contributed by atoms with van der Waals surface area (Å²) in [4.78, 5) is 0. The van der Waals surface area contributed by atoms with Gasteiger partial charge in [0.2, 0.25) is 0 Å². The summed E-state index contributed by atoms with van der Waals surface area (Å²) in [6, 6.07) is 11.6. The summed E-state index contributed by atoms with van der Waals surface area (Å²) < 4.78 is 0.396. The SMILES string of the molecule is CCCc1ccc(C)c2c1C=C(C)[CH]2[Zr]([Cl])([Cl])([CH]1C(C)=Cc2c(CCC)ccc(C)c21)=[Si](CC)CC. The van der Waals surface area contributed by atoms with Crippen molar-refractivity contribution in [3.05, 3.63) is 79.9 Å². The van der Waals surface area contributed by atoms with Gasteiger partial charge < -0.3 is 0 Å². The average Bonchev–Trinajstić information content (AvgIpc) is 3.38. The van der Waals surface area contributed by atoms with Gasteiger partial charge in [-0.2, -0.15) is 0 Å². The Kier molecular flexibility index (Phi) is 8.45. The second kappa shape index (κ2) is 10.6. The van der Waals surface area contributed by atoms with Gasteiger partial charge in [0.1, 0.15) is 0 Å². The van der Waals surface area contributed by atoms with Crippen molar-refractivity contribution in [1.29, 1.82) is 0 Å². The van der Waals surface area contributed by atoms with Gasteiger partial charge in [-0.05, 0) is 0 Å². The van der Waals surface area contributed by atoms with E-state index in [1.54, 1.807) is 0 Å². The number of aryl methyl sites for hydroxylation is 4. The zero-order chi connectivity index (χ0) is 26.4. The van der Waals surface area contributed by atoms with Gasteiger partial charge in [0.25, 0.3) is 0 Å². The molecule has 0 N–H and O–H groups in total. The van der Waals surface area contributed by atoms with E-state index in [4.69, 9.17) is 17.0 Å². The van der Waals surface area contributed by atoms with E-state index >= 15 is 0 Å². The van der Waals surface area contributed by atoms with Crippen LogP contribution in [-0.2, 0) is 27.9 Å². The maximum atomic E-state index is 8.56. The molecule has 36 heavy (non-hydrogen) atoms. The van der Waals surface area contributed by atoms with Gasteiger partial charge in [-0.3, -0.25) is 0 Å². The van der Waals surface area contributed by atoms with Crippen molar-refractivity contribution in [1.82, 2.24) is 0 Å². The molecule has 194 valence electrons. The zero-order valence-corrected chi connectivity index (χ0v) is 28.6. The number of hydrogen-bond donors (Lipinski definition) is 0. The molecule has 0 aromatic heterocycles. The molecule has 2 aliphatic carbocycles. The normalized spacial score (nSPS) is 19.2. The van der Waals surface area contributed by atoms with Gasteiger partial charge in [0.15, 0.2) is 0 Å². The molecule has 0 aliphatic heterocycles. The third-order valence-corrected chi connectivity index (χ3v) is 54.2. The molecule has 0 spiro atoms. The number of hydrogen-bond acceptors (Lipinski definition) is 0. The average molecular weight is 619 g/mol. The van der Waals surface area contributed by atoms with Crippen LogP contribution in [-0.4, -0.2) is 5.43 Å². The Morgan fingerprint density at radius 3 is 1.39 bits per heavy atom. The molecular formula is C32H44Cl2SiZr. The fourth-order valence-electron chi connectivity index (χ4n) is 7.60. The summed E-state index contributed by atoms with van der Waals surface area (Å²) in [6.45, 7) is 18.5. The molecule has 0 fully saturated rings. The molecule has 4 rings (SSSR count). The summed E-state index contributed by atoms with van der Waals surface area (Å²) in [7, 11) is 17.1. The fraction of sp³-hybridized carbons (Fsp3) is 0.500. The van der Waals surface area contributed by atoms with Gasteiger partial charge in [-0.25, -0.2) is 0 Å². The molecule has 2 unspecified atom stereocenters. The van der Waals surface area contributed by atoms with Crippen LogP contribution in [0, 0.1) is 13.8 Å². The predicted molar refractivity (Wildman–Crippen MR) is 162 cm³/mol. The summed E-state index contributed by atoms with van der Waals surface area (Å²) in [6.07, 6.45) is 9.46. The standard InChI is InChI=1S/2C14H17.C4H10Si.2ClH.Zr/c2*1-4-5-12-7-6-11(3)13-8-10(2)9-14(12)13;1-3-5-4-2;;;/h2*6-9H,4-5H2,1-3H3;3-4H2,1-2H3;2*1H;/q;;;;;+2/p-2. The first-order valence-electron chi connectivity index (χ1n) is 14.1. The predicted octanol–water partition coefficient (Wildman–Crippen LogP) is 10.9. The van der Waals surface area contributed by atoms with Gasteiger partial charge in [0.05, 0.1) is 0 Å². The molecule has 0 saturated carbocycles. The zero-order valence-electron chi connectivity index (χ0n) is 23.6. The Bertz CT molecular complexity index is 1240. The summed E-state index contributed by atoms with van der Waals surface area (Å²) in [5.41, 5.74) is 13.3. The van der Waals surface area contributed by atoms with Crippen LogP contribution in [0.5, 0.6) is 0 Å². The molecule has 0 nitrogen and oxygen atoms in total. The van der Waals surface area contributed by atoms with E-state index in [0.717, 1.165) is 37.8 Å². The molecule has 0 bridgehead atoms.